The van der Waals surface area contributed by atoms with Crippen LogP contribution in [0.3, 0.4) is 0 Å². The second-order valence-electron chi connectivity index (χ2n) is 3.59. The third-order valence-corrected chi connectivity index (χ3v) is 3.30. The topological polar surface area (TPSA) is 69.4 Å². The number of hydrogen-bond acceptors (Lipinski definition) is 4. The molecule has 4 nitrogen and oxygen atoms in total. The maximum Gasteiger partial charge on any atom is 0.317 e. The van der Waals surface area contributed by atoms with Crippen LogP contribution in [0, 0.1) is 6.92 Å². The van der Waals surface area contributed by atoms with Crippen LogP contribution in [-0.2, 0) is 14.3 Å². The Morgan fingerprint density at radius 2 is 2.06 bits per heavy atom. The Hall–Kier alpha value is -1.49. The summed E-state index contributed by atoms with van der Waals surface area (Å²) in [5.74, 6) is -0.911. The van der Waals surface area contributed by atoms with Gasteiger partial charge >= 0.3 is 5.97 Å². The number of primary amides is 1. The van der Waals surface area contributed by atoms with Crippen LogP contribution >= 0.6 is 11.8 Å². The van der Waals surface area contributed by atoms with Crippen molar-refractivity contribution in [3.05, 3.63) is 29.8 Å². The lowest BCUT2D eigenvalue weighted by Crippen LogP contribution is -2.31. The zero-order valence-electron chi connectivity index (χ0n) is 9.80. The van der Waals surface area contributed by atoms with E-state index in [1.165, 1.54) is 18.7 Å². The molecule has 1 aromatic carbocycles. The van der Waals surface area contributed by atoms with E-state index in [2.05, 4.69) is 0 Å². The fourth-order valence-corrected chi connectivity index (χ4v) is 1.96. The molecule has 0 spiro atoms. The zero-order valence-corrected chi connectivity index (χ0v) is 10.6. The Bertz CT molecular complexity index is 420. The van der Waals surface area contributed by atoms with Gasteiger partial charge in [0.15, 0.2) is 6.10 Å². The number of nitrogens with two attached hydrogens (primary N) is 1. The molecule has 0 aromatic heterocycles. The van der Waals surface area contributed by atoms with Gasteiger partial charge in [-0.2, -0.15) is 0 Å². The molecule has 0 aliphatic carbocycles. The minimum Gasteiger partial charge on any atom is -0.452 e. The number of aryl methyl sites for hydroxylation is 1. The number of hydrogen-bond donors (Lipinski definition) is 1. The molecule has 1 aromatic rings. The molecule has 92 valence electrons. The van der Waals surface area contributed by atoms with Crippen LogP contribution < -0.4 is 5.73 Å². The van der Waals surface area contributed by atoms with Crippen LogP contribution in [0.4, 0.5) is 0 Å². The predicted molar refractivity (Wildman–Crippen MR) is 66.7 cm³/mol. The molecule has 0 radical (unpaired) electrons. The molecule has 17 heavy (non-hydrogen) atoms. The third kappa shape index (κ3) is 4.48. The molecule has 0 heterocycles. The molecule has 1 amide bonds. The number of benzene rings is 1. The third-order valence-electron chi connectivity index (χ3n) is 2.15. The van der Waals surface area contributed by atoms with Gasteiger partial charge in [-0.3, -0.25) is 9.59 Å². The highest BCUT2D eigenvalue weighted by Gasteiger charge is 2.14. The van der Waals surface area contributed by atoms with Gasteiger partial charge in [0.2, 0.25) is 0 Å². The highest BCUT2D eigenvalue weighted by Crippen LogP contribution is 2.21. The molecule has 0 saturated heterocycles. The van der Waals surface area contributed by atoms with Crippen molar-refractivity contribution in [2.45, 2.75) is 24.8 Å². The molecule has 0 saturated carbocycles. The normalized spacial score (nSPS) is 11.9. The Morgan fingerprint density at radius 3 is 2.65 bits per heavy atom. The van der Waals surface area contributed by atoms with Crippen LogP contribution in [-0.4, -0.2) is 23.7 Å². The van der Waals surface area contributed by atoms with E-state index >= 15 is 0 Å². The number of carbonyl (C=O) groups is 2. The number of amides is 1. The van der Waals surface area contributed by atoms with Crippen molar-refractivity contribution in [2.75, 3.05) is 5.75 Å². The molecule has 0 aliphatic rings. The van der Waals surface area contributed by atoms with E-state index < -0.39 is 18.0 Å². The SMILES string of the molecule is Cc1ccccc1SCC(=O)OC(C)C(N)=O. The number of esters is 1. The first-order chi connectivity index (χ1) is 8.00. The Balaban J connectivity index is 2.44. The van der Waals surface area contributed by atoms with Gasteiger partial charge < -0.3 is 10.5 Å². The summed E-state index contributed by atoms with van der Waals surface area (Å²) in [6.07, 6.45) is -0.875. The van der Waals surface area contributed by atoms with E-state index in [1.807, 2.05) is 31.2 Å². The minimum absolute atomic E-state index is 0.169. The largest absolute Gasteiger partial charge is 0.452 e. The average molecular weight is 253 g/mol. The minimum atomic E-state index is -0.875. The molecule has 1 unspecified atom stereocenters. The molecule has 1 rings (SSSR count). The highest BCUT2D eigenvalue weighted by molar-refractivity contribution is 8.00. The lowest BCUT2D eigenvalue weighted by atomic mass is 10.2. The van der Waals surface area contributed by atoms with Crippen molar-refractivity contribution < 1.29 is 14.3 Å². The fourth-order valence-electron chi connectivity index (χ4n) is 1.14. The molecular weight excluding hydrogens is 238 g/mol. The maximum absolute atomic E-state index is 11.4. The van der Waals surface area contributed by atoms with Crippen molar-refractivity contribution in [3.63, 3.8) is 0 Å². The number of thioether (sulfide) groups is 1. The second kappa shape index (κ2) is 6.30. The van der Waals surface area contributed by atoms with Crippen molar-refractivity contribution in [2.24, 2.45) is 5.73 Å². The first-order valence-electron chi connectivity index (χ1n) is 5.18. The van der Waals surface area contributed by atoms with E-state index in [0.29, 0.717) is 0 Å². The van der Waals surface area contributed by atoms with Gasteiger partial charge in [0, 0.05) is 4.90 Å². The standard InChI is InChI=1S/C12H15NO3S/c1-8-5-3-4-6-10(8)17-7-11(14)16-9(2)12(13)15/h3-6,9H,7H2,1-2H3,(H2,13,15). The lowest BCUT2D eigenvalue weighted by Gasteiger charge is -2.09. The summed E-state index contributed by atoms with van der Waals surface area (Å²) in [5, 5.41) is 0. The molecule has 0 aliphatic heterocycles. The summed E-state index contributed by atoms with van der Waals surface area (Å²) < 4.78 is 4.84. The smallest absolute Gasteiger partial charge is 0.317 e. The molecule has 2 N–H and O–H groups in total. The summed E-state index contributed by atoms with van der Waals surface area (Å²) in [4.78, 5) is 23.1. The lowest BCUT2D eigenvalue weighted by molar-refractivity contribution is -0.151. The Labute approximate surface area is 105 Å². The fraction of sp³-hybridized carbons (Fsp3) is 0.333. The second-order valence-corrected chi connectivity index (χ2v) is 4.61. The molecule has 1 atom stereocenters. The molecule has 0 fully saturated rings. The van der Waals surface area contributed by atoms with Gasteiger partial charge in [0.05, 0.1) is 5.75 Å². The molecule has 0 bridgehead atoms. The first-order valence-corrected chi connectivity index (χ1v) is 6.16. The van der Waals surface area contributed by atoms with E-state index in [0.717, 1.165) is 10.5 Å². The van der Waals surface area contributed by atoms with Crippen molar-refractivity contribution in [3.8, 4) is 0 Å². The van der Waals surface area contributed by atoms with Crippen molar-refractivity contribution >= 4 is 23.6 Å². The van der Waals surface area contributed by atoms with E-state index in [9.17, 15) is 9.59 Å². The summed E-state index contributed by atoms with van der Waals surface area (Å²) in [7, 11) is 0. The van der Waals surface area contributed by atoms with E-state index in [1.54, 1.807) is 0 Å². The quantitative estimate of drug-likeness (QED) is 0.638. The highest BCUT2D eigenvalue weighted by atomic mass is 32.2. The van der Waals surface area contributed by atoms with Gasteiger partial charge in [-0.05, 0) is 25.5 Å². The van der Waals surface area contributed by atoms with Crippen molar-refractivity contribution in [1.29, 1.82) is 0 Å². The number of carbonyl (C=O) groups excluding carboxylic acids is 2. The van der Waals surface area contributed by atoms with Crippen molar-refractivity contribution in [1.82, 2.24) is 0 Å². The van der Waals surface area contributed by atoms with Gasteiger partial charge in [-0.1, -0.05) is 18.2 Å². The summed E-state index contributed by atoms with van der Waals surface area (Å²) in [6, 6.07) is 7.75. The number of rotatable bonds is 5. The summed E-state index contributed by atoms with van der Waals surface area (Å²) in [6.45, 7) is 3.43. The van der Waals surface area contributed by atoms with Crippen LogP contribution in [0.5, 0.6) is 0 Å². The Kier molecular flexibility index (Phi) is 5.03. The van der Waals surface area contributed by atoms with Crippen LogP contribution in [0.2, 0.25) is 0 Å². The predicted octanol–water partition coefficient (Wildman–Crippen LogP) is 1.50. The van der Waals surface area contributed by atoms with Crippen LogP contribution in [0.15, 0.2) is 29.2 Å². The zero-order chi connectivity index (χ0) is 12.8. The number of ether oxygens (including phenoxy) is 1. The summed E-state index contributed by atoms with van der Waals surface area (Å²) >= 11 is 1.38. The monoisotopic (exact) mass is 253 g/mol. The average Bonchev–Trinajstić information content (AvgIpc) is 2.27. The van der Waals surface area contributed by atoms with Crippen LogP contribution in [0.25, 0.3) is 0 Å². The first kappa shape index (κ1) is 13.6. The van der Waals surface area contributed by atoms with Crippen LogP contribution in [0.1, 0.15) is 12.5 Å². The summed E-state index contributed by atoms with van der Waals surface area (Å²) in [5.41, 5.74) is 6.10. The van der Waals surface area contributed by atoms with Gasteiger partial charge in [0.25, 0.3) is 5.91 Å². The molecular formula is C12H15NO3S. The van der Waals surface area contributed by atoms with E-state index in [-0.39, 0.29) is 5.75 Å². The molecule has 5 heteroatoms. The van der Waals surface area contributed by atoms with Gasteiger partial charge in [0.1, 0.15) is 0 Å². The Morgan fingerprint density at radius 1 is 1.41 bits per heavy atom. The maximum atomic E-state index is 11.4. The van der Waals surface area contributed by atoms with Gasteiger partial charge in [-0.25, -0.2) is 0 Å². The van der Waals surface area contributed by atoms with Gasteiger partial charge in [-0.15, -0.1) is 11.8 Å². The van der Waals surface area contributed by atoms with E-state index in [4.69, 9.17) is 10.5 Å².